The minimum atomic E-state index is 0.0672. The van der Waals surface area contributed by atoms with Crippen LogP contribution in [0.3, 0.4) is 0 Å². The SMILES string of the molecule is CC1(C)C=CC=c2ccnnc2=C1. The van der Waals surface area contributed by atoms with Gasteiger partial charge in [0.25, 0.3) is 0 Å². The second kappa shape index (κ2) is 2.80. The summed E-state index contributed by atoms with van der Waals surface area (Å²) in [5.41, 5.74) is 0.0672. The molecule has 0 atom stereocenters. The molecular weight excluding hydrogens is 160 g/mol. The molecule has 0 amide bonds. The van der Waals surface area contributed by atoms with Crippen LogP contribution in [0.5, 0.6) is 0 Å². The fourth-order valence-electron chi connectivity index (χ4n) is 1.41. The Kier molecular flexibility index (Phi) is 1.76. The molecule has 2 rings (SSSR count). The number of hydrogen-bond acceptors (Lipinski definition) is 2. The Morgan fingerprint density at radius 3 is 3.00 bits per heavy atom. The van der Waals surface area contributed by atoms with Crippen LogP contribution < -0.4 is 10.6 Å². The van der Waals surface area contributed by atoms with Crippen molar-refractivity contribution in [3.63, 3.8) is 0 Å². The van der Waals surface area contributed by atoms with Gasteiger partial charge in [0.1, 0.15) is 0 Å². The van der Waals surface area contributed by atoms with Gasteiger partial charge in [-0.3, -0.25) is 0 Å². The molecule has 1 heterocycles. The van der Waals surface area contributed by atoms with E-state index in [9.17, 15) is 0 Å². The Hall–Kier alpha value is -1.44. The Morgan fingerprint density at radius 1 is 1.31 bits per heavy atom. The smallest absolute Gasteiger partial charge is 0.0898 e. The highest BCUT2D eigenvalue weighted by Crippen LogP contribution is 2.18. The van der Waals surface area contributed by atoms with Crippen molar-refractivity contribution in [1.82, 2.24) is 10.2 Å². The lowest BCUT2D eigenvalue weighted by molar-refractivity contribution is 0.667. The third-order valence-corrected chi connectivity index (χ3v) is 2.09. The highest BCUT2D eigenvalue weighted by Gasteiger charge is 2.10. The summed E-state index contributed by atoms with van der Waals surface area (Å²) in [7, 11) is 0. The lowest BCUT2D eigenvalue weighted by Gasteiger charge is -2.12. The third-order valence-electron chi connectivity index (χ3n) is 2.09. The van der Waals surface area contributed by atoms with Crippen LogP contribution >= 0.6 is 0 Å². The maximum Gasteiger partial charge on any atom is 0.0898 e. The molecule has 0 bridgehead atoms. The van der Waals surface area contributed by atoms with Gasteiger partial charge in [-0.2, -0.15) is 10.2 Å². The first-order chi connectivity index (χ1) is 6.17. The van der Waals surface area contributed by atoms with Crippen molar-refractivity contribution >= 4 is 12.2 Å². The van der Waals surface area contributed by atoms with Crippen LogP contribution in [-0.2, 0) is 0 Å². The van der Waals surface area contributed by atoms with Gasteiger partial charge >= 0.3 is 0 Å². The molecule has 2 heteroatoms. The molecule has 0 radical (unpaired) electrons. The summed E-state index contributed by atoms with van der Waals surface area (Å²) in [4.78, 5) is 0. The molecule has 0 saturated carbocycles. The van der Waals surface area contributed by atoms with E-state index in [-0.39, 0.29) is 5.41 Å². The lowest BCUT2D eigenvalue weighted by Crippen LogP contribution is -2.29. The van der Waals surface area contributed by atoms with Crippen LogP contribution in [0.4, 0.5) is 0 Å². The van der Waals surface area contributed by atoms with Gasteiger partial charge in [-0.15, -0.1) is 0 Å². The normalized spacial score (nSPS) is 18.0. The van der Waals surface area contributed by atoms with Crippen LogP contribution in [0.25, 0.3) is 12.2 Å². The molecule has 1 aliphatic rings. The van der Waals surface area contributed by atoms with Crippen molar-refractivity contribution in [3.8, 4) is 0 Å². The number of aromatic nitrogens is 2. The highest BCUT2D eigenvalue weighted by molar-refractivity contribution is 5.46. The standard InChI is InChI=1S/C11H12N2/c1-11(2)6-3-4-9-5-7-12-13-10(9)8-11/h3-8H,1-2H3. The van der Waals surface area contributed by atoms with E-state index in [4.69, 9.17) is 0 Å². The Balaban J connectivity index is 2.77. The first-order valence-electron chi connectivity index (χ1n) is 4.38. The van der Waals surface area contributed by atoms with Crippen LogP contribution in [-0.4, -0.2) is 10.2 Å². The number of hydrogen-bond donors (Lipinski definition) is 0. The first kappa shape index (κ1) is 8.17. The van der Waals surface area contributed by atoms with E-state index in [1.54, 1.807) is 6.20 Å². The Labute approximate surface area is 77.3 Å². The average molecular weight is 172 g/mol. The zero-order valence-electron chi connectivity index (χ0n) is 7.86. The summed E-state index contributed by atoms with van der Waals surface area (Å²) in [6.07, 6.45) is 10.2. The second-order valence-electron chi connectivity index (χ2n) is 3.86. The highest BCUT2D eigenvalue weighted by atomic mass is 15.1. The summed E-state index contributed by atoms with van der Waals surface area (Å²) in [6.45, 7) is 4.31. The van der Waals surface area contributed by atoms with Gasteiger partial charge in [-0.25, -0.2) is 0 Å². The van der Waals surface area contributed by atoms with E-state index in [1.165, 1.54) is 0 Å². The number of nitrogens with zero attached hydrogens (tertiary/aromatic N) is 2. The maximum atomic E-state index is 4.10. The fourth-order valence-corrected chi connectivity index (χ4v) is 1.41. The molecule has 2 nitrogen and oxygen atoms in total. The molecule has 0 fully saturated rings. The molecule has 0 saturated heterocycles. The van der Waals surface area contributed by atoms with Gasteiger partial charge in [0.05, 0.1) is 11.5 Å². The van der Waals surface area contributed by atoms with Gasteiger partial charge in [-0.05, 0) is 12.1 Å². The molecule has 1 aromatic heterocycles. The molecular formula is C11H12N2. The summed E-state index contributed by atoms with van der Waals surface area (Å²) in [5, 5.41) is 10.1. The van der Waals surface area contributed by atoms with E-state index in [2.05, 4.69) is 48.3 Å². The zero-order valence-corrected chi connectivity index (χ0v) is 7.86. The van der Waals surface area contributed by atoms with Crippen LogP contribution in [0, 0.1) is 5.41 Å². The van der Waals surface area contributed by atoms with Crippen molar-refractivity contribution < 1.29 is 0 Å². The number of rotatable bonds is 0. The Bertz CT molecular complexity index is 455. The van der Waals surface area contributed by atoms with Crippen molar-refractivity contribution in [1.29, 1.82) is 0 Å². The van der Waals surface area contributed by atoms with Crippen molar-refractivity contribution in [2.45, 2.75) is 13.8 Å². The molecule has 0 aromatic carbocycles. The van der Waals surface area contributed by atoms with Gasteiger partial charge in [-0.1, -0.05) is 32.1 Å². The van der Waals surface area contributed by atoms with E-state index < -0.39 is 0 Å². The van der Waals surface area contributed by atoms with Crippen molar-refractivity contribution in [2.75, 3.05) is 0 Å². The summed E-state index contributed by atoms with van der Waals surface area (Å²) >= 11 is 0. The first-order valence-corrected chi connectivity index (χ1v) is 4.38. The molecule has 13 heavy (non-hydrogen) atoms. The largest absolute Gasteiger partial charge is 0.159 e. The van der Waals surface area contributed by atoms with Gasteiger partial charge in [0, 0.05) is 10.6 Å². The molecule has 66 valence electrons. The van der Waals surface area contributed by atoms with Crippen LogP contribution in [0.15, 0.2) is 24.4 Å². The number of fused-ring (bicyclic) bond motifs is 1. The van der Waals surface area contributed by atoms with Crippen molar-refractivity contribution in [3.05, 3.63) is 35.0 Å². The molecule has 1 aliphatic carbocycles. The van der Waals surface area contributed by atoms with E-state index in [1.807, 2.05) is 6.07 Å². The molecule has 0 aliphatic heterocycles. The lowest BCUT2D eigenvalue weighted by atomic mass is 9.93. The molecule has 0 unspecified atom stereocenters. The molecule has 1 aromatic rings. The zero-order chi connectivity index (χ0) is 9.31. The van der Waals surface area contributed by atoms with Crippen LogP contribution in [0.2, 0.25) is 0 Å². The Morgan fingerprint density at radius 2 is 2.15 bits per heavy atom. The third kappa shape index (κ3) is 1.66. The van der Waals surface area contributed by atoms with Gasteiger partial charge < -0.3 is 0 Å². The van der Waals surface area contributed by atoms with E-state index in [0.717, 1.165) is 10.6 Å². The average Bonchev–Trinajstić information content (AvgIpc) is 2.21. The minimum Gasteiger partial charge on any atom is -0.159 e. The monoisotopic (exact) mass is 172 g/mol. The van der Waals surface area contributed by atoms with Crippen LogP contribution in [0.1, 0.15) is 13.8 Å². The summed E-state index contributed by atoms with van der Waals surface area (Å²) in [6, 6.07) is 1.98. The molecule has 0 spiro atoms. The predicted molar refractivity (Wildman–Crippen MR) is 53.1 cm³/mol. The summed E-state index contributed by atoms with van der Waals surface area (Å²) in [5.74, 6) is 0. The fraction of sp³-hybridized carbons (Fsp3) is 0.273. The second-order valence-corrected chi connectivity index (χ2v) is 3.86. The van der Waals surface area contributed by atoms with E-state index in [0.29, 0.717) is 0 Å². The van der Waals surface area contributed by atoms with Gasteiger partial charge in [0.15, 0.2) is 0 Å². The van der Waals surface area contributed by atoms with E-state index >= 15 is 0 Å². The topological polar surface area (TPSA) is 25.8 Å². The molecule has 0 N–H and O–H groups in total. The van der Waals surface area contributed by atoms with Gasteiger partial charge in [0.2, 0.25) is 0 Å². The van der Waals surface area contributed by atoms with Crippen molar-refractivity contribution in [2.24, 2.45) is 5.41 Å². The minimum absolute atomic E-state index is 0.0672. The summed E-state index contributed by atoms with van der Waals surface area (Å²) < 4.78 is 0. The maximum absolute atomic E-state index is 4.10. The predicted octanol–water partition coefficient (Wildman–Crippen LogP) is 0.634. The quantitative estimate of drug-likeness (QED) is 0.573. The number of allylic oxidation sites excluding steroid dienone is 2.